The molecule has 0 amide bonds. The van der Waals surface area contributed by atoms with Crippen LogP contribution in [-0.4, -0.2) is 52.4 Å². The molecule has 0 aliphatic heterocycles. The van der Waals surface area contributed by atoms with E-state index in [1.165, 1.54) is 43.2 Å². The molecule has 0 fully saturated rings. The summed E-state index contributed by atoms with van der Waals surface area (Å²) in [5.41, 5.74) is 1.86. The van der Waals surface area contributed by atoms with Crippen LogP contribution in [0.1, 0.15) is 34.2 Å². The summed E-state index contributed by atoms with van der Waals surface area (Å²) in [5, 5.41) is 13.4. The Balaban J connectivity index is 1.75. The smallest absolute Gasteiger partial charge is 0.335 e. The van der Waals surface area contributed by atoms with Crippen molar-refractivity contribution in [1.82, 2.24) is 14.7 Å². The van der Waals surface area contributed by atoms with Crippen LogP contribution in [0.4, 0.5) is 0 Å². The van der Waals surface area contributed by atoms with Gasteiger partial charge in [0.2, 0.25) is 0 Å². The molecule has 1 N–H and O–H groups in total. The van der Waals surface area contributed by atoms with Gasteiger partial charge in [-0.25, -0.2) is 4.79 Å². The van der Waals surface area contributed by atoms with Crippen LogP contribution in [0.15, 0.2) is 64.0 Å². The first kappa shape index (κ1) is 27.7. The van der Waals surface area contributed by atoms with Crippen LogP contribution in [0.3, 0.4) is 0 Å². The molecular formula is C28H26ClN3O7. The lowest BCUT2D eigenvalue weighted by Gasteiger charge is -2.21. The third-order valence-corrected chi connectivity index (χ3v) is 6.41. The number of carboxylic acid groups (broad SMARTS) is 1. The van der Waals surface area contributed by atoms with Gasteiger partial charge in [-0.15, -0.1) is 0 Å². The Kier molecular flexibility index (Phi) is 8.58. The predicted molar refractivity (Wildman–Crippen MR) is 143 cm³/mol. The van der Waals surface area contributed by atoms with E-state index in [2.05, 4.69) is 10.1 Å². The average Bonchev–Trinajstić information content (AvgIpc) is 3.35. The van der Waals surface area contributed by atoms with E-state index < -0.39 is 17.6 Å². The van der Waals surface area contributed by atoms with Gasteiger partial charge < -0.3 is 23.7 Å². The van der Waals surface area contributed by atoms with Crippen molar-refractivity contribution in [2.45, 2.75) is 25.8 Å². The summed E-state index contributed by atoms with van der Waals surface area (Å²) in [4.78, 5) is 42.3. The zero-order valence-electron chi connectivity index (χ0n) is 21.5. The first-order chi connectivity index (χ1) is 18.7. The number of hydrogen-bond donors (Lipinski definition) is 1. The molecule has 10 nitrogen and oxygen atoms in total. The fourth-order valence-corrected chi connectivity index (χ4v) is 4.42. The molecule has 39 heavy (non-hydrogen) atoms. The van der Waals surface area contributed by atoms with Crippen molar-refractivity contribution in [2.24, 2.45) is 0 Å². The third kappa shape index (κ3) is 6.24. The van der Waals surface area contributed by atoms with E-state index in [1.54, 1.807) is 37.3 Å². The molecular weight excluding hydrogens is 526 g/mol. The van der Waals surface area contributed by atoms with Crippen LogP contribution in [-0.2, 0) is 16.0 Å². The largest absolute Gasteiger partial charge is 0.495 e. The number of halogens is 1. The fourth-order valence-electron chi connectivity index (χ4n) is 4.25. The van der Waals surface area contributed by atoms with Gasteiger partial charge in [-0.05, 0) is 54.8 Å². The number of rotatable bonds is 11. The summed E-state index contributed by atoms with van der Waals surface area (Å²) >= 11 is 6.30. The minimum Gasteiger partial charge on any atom is -0.495 e. The van der Waals surface area contributed by atoms with Crippen molar-refractivity contribution < 1.29 is 28.7 Å². The van der Waals surface area contributed by atoms with E-state index in [9.17, 15) is 14.4 Å². The van der Waals surface area contributed by atoms with E-state index in [4.69, 9.17) is 30.7 Å². The van der Waals surface area contributed by atoms with E-state index >= 15 is 0 Å². The molecule has 1 unspecified atom stereocenters. The number of pyridine rings is 1. The summed E-state index contributed by atoms with van der Waals surface area (Å²) in [5.74, 6) is -0.258. The molecule has 0 aliphatic rings. The van der Waals surface area contributed by atoms with Gasteiger partial charge in [-0.1, -0.05) is 28.9 Å². The first-order valence-corrected chi connectivity index (χ1v) is 12.3. The van der Waals surface area contributed by atoms with Gasteiger partial charge >= 0.3 is 5.97 Å². The lowest BCUT2D eigenvalue weighted by Crippen LogP contribution is -2.31. The zero-order valence-corrected chi connectivity index (χ0v) is 22.3. The second-order valence-electron chi connectivity index (χ2n) is 8.78. The Bertz CT molecular complexity index is 1560. The summed E-state index contributed by atoms with van der Waals surface area (Å²) in [6.07, 6.45) is 1.74. The van der Waals surface area contributed by atoms with Crippen molar-refractivity contribution in [1.29, 1.82) is 0 Å². The second-order valence-corrected chi connectivity index (χ2v) is 9.22. The number of aromatic nitrogens is 3. The quantitative estimate of drug-likeness (QED) is 0.283. The van der Waals surface area contributed by atoms with Gasteiger partial charge in [-0.3, -0.25) is 9.59 Å². The fraction of sp³-hybridized carbons (Fsp3) is 0.250. The summed E-state index contributed by atoms with van der Waals surface area (Å²) in [6, 6.07) is 11.6. The number of benzene rings is 2. The summed E-state index contributed by atoms with van der Waals surface area (Å²) in [7, 11) is 2.98. The number of ketones is 1. The highest BCUT2D eigenvalue weighted by Crippen LogP contribution is 2.38. The number of carbonyl (C=O) groups is 2. The van der Waals surface area contributed by atoms with Gasteiger partial charge in [0, 0.05) is 42.4 Å². The molecule has 4 rings (SSSR count). The zero-order chi connectivity index (χ0) is 28.1. The maximum Gasteiger partial charge on any atom is 0.335 e. The minimum absolute atomic E-state index is 0.000256. The molecule has 2 aromatic carbocycles. The van der Waals surface area contributed by atoms with E-state index in [0.29, 0.717) is 38.9 Å². The van der Waals surface area contributed by atoms with Crippen molar-refractivity contribution in [2.75, 3.05) is 20.8 Å². The van der Waals surface area contributed by atoms with Gasteiger partial charge in [0.05, 0.1) is 24.9 Å². The van der Waals surface area contributed by atoms with Crippen molar-refractivity contribution in [3.05, 3.63) is 87.1 Å². The standard InChI is InChI=1S/C28H26ClN3O7/c1-16-30-27(39-31-16)20-9-8-19(29)13-21(20)22-14-26(34)32(15-25(22)38-3)23(10-11-37-2)24(33)12-17-4-6-18(7-5-17)28(35)36/h4-9,13-15,23H,10-12H2,1-3H3,(H,35,36). The molecule has 2 aromatic heterocycles. The van der Waals surface area contributed by atoms with Crippen LogP contribution < -0.4 is 10.3 Å². The molecule has 1 atom stereocenters. The number of Topliss-reactive ketones (excluding diaryl/α,β-unsaturated/α-hetero) is 1. The molecule has 11 heteroatoms. The number of nitrogens with zero attached hydrogens (tertiary/aromatic N) is 3. The normalized spacial score (nSPS) is 11.8. The molecule has 0 saturated carbocycles. The highest BCUT2D eigenvalue weighted by atomic mass is 35.5. The number of aryl methyl sites for hydroxylation is 1. The lowest BCUT2D eigenvalue weighted by atomic mass is 9.98. The van der Waals surface area contributed by atoms with Crippen LogP contribution in [0.5, 0.6) is 5.75 Å². The first-order valence-electron chi connectivity index (χ1n) is 12.0. The van der Waals surface area contributed by atoms with Crippen molar-refractivity contribution in [3.8, 4) is 28.3 Å². The molecule has 0 bridgehead atoms. The number of aromatic carboxylic acids is 1. The lowest BCUT2D eigenvalue weighted by molar-refractivity contribution is -0.122. The van der Waals surface area contributed by atoms with E-state index in [1.807, 2.05) is 0 Å². The van der Waals surface area contributed by atoms with E-state index in [-0.39, 0.29) is 36.7 Å². The molecule has 2 heterocycles. The molecule has 0 aliphatic carbocycles. The molecule has 0 radical (unpaired) electrons. The van der Waals surface area contributed by atoms with Crippen LogP contribution >= 0.6 is 11.6 Å². The molecule has 202 valence electrons. The molecule has 0 saturated heterocycles. The van der Waals surface area contributed by atoms with Gasteiger partial charge in [0.25, 0.3) is 11.4 Å². The Morgan fingerprint density at radius 3 is 2.44 bits per heavy atom. The Hall–Kier alpha value is -4.28. The van der Waals surface area contributed by atoms with Crippen LogP contribution in [0.25, 0.3) is 22.6 Å². The SMILES string of the molecule is COCCC(C(=O)Cc1ccc(C(=O)O)cc1)n1cc(OC)c(-c2cc(Cl)ccc2-c2nc(C)no2)cc1=O. The van der Waals surface area contributed by atoms with Crippen LogP contribution in [0, 0.1) is 6.92 Å². The molecule has 0 spiro atoms. The number of hydrogen-bond acceptors (Lipinski definition) is 8. The minimum atomic E-state index is -1.05. The number of carboxylic acids is 1. The highest BCUT2D eigenvalue weighted by Gasteiger charge is 2.25. The van der Waals surface area contributed by atoms with Gasteiger partial charge in [0.1, 0.15) is 5.75 Å². The Morgan fingerprint density at radius 2 is 1.82 bits per heavy atom. The number of ether oxygens (including phenoxy) is 2. The Morgan fingerprint density at radius 1 is 1.08 bits per heavy atom. The monoisotopic (exact) mass is 551 g/mol. The van der Waals surface area contributed by atoms with E-state index in [0.717, 1.165) is 0 Å². The second kappa shape index (κ2) is 12.1. The predicted octanol–water partition coefficient (Wildman–Crippen LogP) is 4.62. The summed E-state index contributed by atoms with van der Waals surface area (Å²) < 4.78 is 17.5. The topological polar surface area (TPSA) is 134 Å². The van der Waals surface area contributed by atoms with Crippen molar-refractivity contribution in [3.63, 3.8) is 0 Å². The number of carbonyl (C=O) groups excluding carboxylic acids is 1. The summed E-state index contributed by atoms with van der Waals surface area (Å²) in [6.45, 7) is 1.93. The maximum atomic E-state index is 13.5. The molecule has 4 aromatic rings. The average molecular weight is 552 g/mol. The maximum absolute atomic E-state index is 13.5. The highest BCUT2D eigenvalue weighted by molar-refractivity contribution is 6.31. The van der Waals surface area contributed by atoms with Gasteiger partial charge in [0.15, 0.2) is 11.6 Å². The third-order valence-electron chi connectivity index (χ3n) is 6.18. The van der Waals surface area contributed by atoms with Crippen molar-refractivity contribution >= 4 is 23.4 Å². The number of methoxy groups -OCH3 is 2. The Labute approximate surface area is 228 Å². The van der Waals surface area contributed by atoms with Gasteiger partial charge in [-0.2, -0.15) is 4.98 Å². The van der Waals surface area contributed by atoms with Crippen LogP contribution in [0.2, 0.25) is 5.02 Å².